The van der Waals surface area contributed by atoms with Crippen LogP contribution in [-0.4, -0.2) is 21.0 Å². The fourth-order valence-corrected chi connectivity index (χ4v) is 3.10. The number of unbranched alkanes of at least 4 members (excludes halogenated alkanes) is 1. The Morgan fingerprint density at radius 2 is 1.76 bits per heavy atom. The molecule has 0 spiro atoms. The van der Waals surface area contributed by atoms with Crippen molar-refractivity contribution in [3.8, 4) is 5.75 Å². The third-order valence-electron chi connectivity index (χ3n) is 3.33. The quantitative estimate of drug-likeness (QED) is 0.405. The smallest absolute Gasteiger partial charge is 0.338 e. The van der Waals surface area contributed by atoms with E-state index in [-0.39, 0.29) is 11.3 Å². The van der Waals surface area contributed by atoms with Crippen LogP contribution in [0.25, 0.3) is 0 Å². The molecule has 0 heterocycles. The number of rotatable bonds is 8. The second kappa shape index (κ2) is 8.62. The normalized spacial score (nSPS) is 11.1. The maximum Gasteiger partial charge on any atom is 0.338 e. The minimum absolute atomic E-state index is 0.0265. The highest BCUT2D eigenvalue weighted by atomic mass is 32.2. The van der Waals surface area contributed by atoms with Gasteiger partial charge in [0.2, 0.25) is 0 Å². The van der Waals surface area contributed by atoms with Gasteiger partial charge < -0.3 is 8.92 Å². The van der Waals surface area contributed by atoms with Crippen molar-refractivity contribution in [2.24, 2.45) is 0 Å². The number of ether oxygens (including phenoxy) is 1. The molecule has 2 aromatic carbocycles. The minimum atomic E-state index is -4.02. The molecule has 0 saturated heterocycles. The zero-order valence-electron chi connectivity index (χ0n) is 13.8. The lowest BCUT2D eigenvalue weighted by Gasteiger charge is -2.08. The van der Waals surface area contributed by atoms with Gasteiger partial charge in [0.25, 0.3) is 0 Å². The Morgan fingerprint density at radius 1 is 1.08 bits per heavy atom. The molecule has 7 heteroatoms. The lowest BCUT2D eigenvalue weighted by Crippen LogP contribution is -2.13. The summed E-state index contributed by atoms with van der Waals surface area (Å²) >= 11 is 0. The van der Waals surface area contributed by atoms with E-state index in [2.05, 4.69) is 0 Å². The SMILES string of the molecule is CCCCOC(=O)c1ccc(OS(=O)(=O)Cc2ccccc2F)cc1. The highest BCUT2D eigenvalue weighted by Crippen LogP contribution is 2.18. The van der Waals surface area contributed by atoms with Crippen LogP contribution in [0.3, 0.4) is 0 Å². The Hall–Kier alpha value is -2.41. The van der Waals surface area contributed by atoms with E-state index in [1.54, 1.807) is 6.07 Å². The summed E-state index contributed by atoms with van der Waals surface area (Å²) in [5, 5.41) is 0. The van der Waals surface area contributed by atoms with Crippen molar-refractivity contribution in [3.05, 3.63) is 65.5 Å². The topological polar surface area (TPSA) is 69.7 Å². The molecule has 0 aromatic heterocycles. The third-order valence-corrected chi connectivity index (χ3v) is 4.45. The lowest BCUT2D eigenvalue weighted by atomic mass is 10.2. The Labute approximate surface area is 146 Å². The van der Waals surface area contributed by atoms with Crippen molar-refractivity contribution in [2.45, 2.75) is 25.5 Å². The molecule has 0 saturated carbocycles. The highest BCUT2D eigenvalue weighted by molar-refractivity contribution is 7.86. The Balaban J connectivity index is 2.00. The number of hydrogen-bond acceptors (Lipinski definition) is 5. The van der Waals surface area contributed by atoms with E-state index in [1.165, 1.54) is 42.5 Å². The van der Waals surface area contributed by atoms with Crippen LogP contribution in [0, 0.1) is 5.82 Å². The molecule has 2 aromatic rings. The zero-order chi connectivity index (χ0) is 18.3. The summed E-state index contributed by atoms with van der Waals surface area (Å²) in [5.74, 6) is -1.63. The van der Waals surface area contributed by atoms with E-state index in [1.807, 2.05) is 6.92 Å². The summed E-state index contributed by atoms with van der Waals surface area (Å²) in [6.07, 6.45) is 1.70. The van der Waals surface area contributed by atoms with Crippen molar-refractivity contribution in [2.75, 3.05) is 6.61 Å². The minimum Gasteiger partial charge on any atom is -0.462 e. The van der Waals surface area contributed by atoms with Crippen LogP contribution in [-0.2, 0) is 20.6 Å². The van der Waals surface area contributed by atoms with Gasteiger partial charge in [-0.25, -0.2) is 9.18 Å². The molecule has 0 bridgehead atoms. The summed E-state index contributed by atoms with van der Waals surface area (Å²) in [6.45, 7) is 2.33. The second-order valence-corrected chi connectivity index (χ2v) is 6.96. The van der Waals surface area contributed by atoms with Crippen molar-refractivity contribution in [3.63, 3.8) is 0 Å². The van der Waals surface area contributed by atoms with Gasteiger partial charge in [-0.3, -0.25) is 0 Å². The Bertz CT molecular complexity index is 816. The van der Waals surface area contributed by atoms with Crippen LogP contribution in [0.15, 0.2) is 48.5 Å². The predicted octanol–water partition coefficient (Wildman–Crippen LogP) is 3.69. The monoisotopic (exact) mass is 366 g/mol. The summed E-state index contributed by atoms with van der Waals surface area (Å²) in [4.78, 5) is 11.8. The van der Waals surface area contributed by atoms with Gasteiger partial charge in [-0.05, 0) is 36.8 Å². The Morgan fingerprint density at radius 3 is 2.40 bits per heavy atom. The fourth-order valence-electron chi connectivity index (χ4n) is 2.02. The van der Waals surface area contributed by atoms with Crippen molar-refractivity contribution in [1.82, 2.24) is 0 Å². The fraction of sp³-hybridized carbons (Fsp3) is 0.278. The van der Waals surface area contributed by atoms with Crippen LogP contribution in [0.1, 0.15) is 35.7 Å². The lowest BCUT2D eigenvalue weighted by molar-refractivity contribution is 0.0499. The molecule has 0 amide bonds. The van der Waals surface area contributed by atoms with Crippen LogP contribution < -0.4 is 4.18 Å². The van der Waals surface area contributed by atoms with Crippen molar-refractivity contribution < 1.29 is 26.5 Å². The van der Waals surface area contributed by atoms with Gasteiger partial charge >= 0.3 is 16.1 Å². The van der Waals surface area contributed by atoms with Gasteiger partial charge in [-0.15, -0.1) is 0 Å². The number of esters is 1. The van der Waals surface area contributed by atoms with E-state index in [0.717, 1.165) is 12.8 Å². The maximum atomic E-state index is 13.6. The summed E-state index contributed by atoms with van der Waals surface area (Å²) < 4.78 is 47.6. The molecule has 0 aliphatic rings. The first-order valence-corrected chi connectivity index (χ1v) is 9.42. The average Bonchev–Trinajstić information content (AvgIpc) is 2.57. The maximum absolute atomic E-state index is 13.6. The molecule has 0 N–H and O–H groups in total. The number of carbonyl (C=O) groups is 1. The van der Waals surface area contributed by atoms with Crippen molar-refractivity contribution in [1.29, 1.82) is 0 Å². The first-order chi connectivity index (χ1) is 11.9. The number of hydrogen-bond donors (Lipinski definition) is 0. The van der Waals surface area contributed by atoms with Gasteiger partial charge in [-0.2, -0.15) is 8.42 Å². The van der Waals surface area contributed by atoms with Gasteiger partial charge in [0, 0.05) is 5.56 Å². The molecule has 0 atom stereocenters. The number of carbonyl (C=O) groups excluding carboxylic acids is 1. The largest absolute Gasteiger partial charge is 0.462 e. The van der Waals surface area contributed by atoms with E-state index in [4.69, 9.17) is 8.92 Å². The predicted molar refractivity (Wildman–Crippen MR) is 91.3 cm³/mol. The van der Waals surface area contributed by atoms with Crippen LogP contribution in [0.2, 0.25) is 0 Å². The first kappa shape index (κ1) is 18.9. The van der Waals surface area contributed by atoms with Gasteiger partial charge in [0.05, 0.1) is 12.2 Å². The van der Waals surface area contributed by atoms with Crippen LogP contribution in [0.4, 0.5) is 4.39 Å². The second-order valence-electron chi connectivity index (χ2n) is 5.39. The molecule has 134 valence electrons. The van der Waals surface area contributed by atoms with E-state index >= 15 is 0 Å². The molecule has 0 unspecified atom stereocenters. The van der Waals surface area contributed by atoms with Gasteiger partial charge in [0.15, 0.2) is 0 Å². The molecule has 0 radical (unpaired) electrons. The third kappa shape index (κ3) is 5.86. The molecule has 5 nitrogen and oxygen atoms in total. The Kier molecular flexibility index (Phi) is 6.52. The van der Waals surface area contributed by atoms with Crippen LogP contribution in [0.5, 0.6) is 5.75 Å². The number of benzene rings is 2. The summed E-state index contributed by atoms with van der Waals surface area (Å²) in [6, 6.07) is 11.1. The number of halogens is 1. The first-order valence-electron chi connectivity index (χ1n) is 7.84. The standard InChI is InChI=1S/C18H19FO5S/c1-2-3-12-23-18(20)14-8-10-16(11-9-14)24-25(21,22)13-15-6-4-5-7-17(15)19/h4-11H,2-3,12-13H2,1H3. The summed E-state index contributed by atoms with van der Waals surface area (Å²) in [7, 11) is -4.02. The molecule has 0 aliphatic carbocycles. The molecule has 0 aliphatic heterocycles. The molecule has 25 heavy (non-hydrogen) atoms. The van der Waals surface area contributed by atoms with Crippen LogP contribution >= 0.6 is 0 Å². The summed E-state index contributed by atoms with van der Waals surface area (Å²) in [5.41, 5.74) is 0.327. The zero-order valence-corrected chi connectivity index (χ0v) is 14.6. The van der Waals surface area contributed by atoms with E-state index in [0.29, 0.717) is 12.2 Å². The van der Waals surface area contributed by atoms with E-state index in [9.17, 15) is 17.6 Å². The molecular weight excluding hydrogens is 347 g/mol. The average molecular weight is 366 g/mol. The molecule has 2 rings (SSSR count). The molecule has 0 fully saturated rings. The van der Waals surface area contributed by atoms with Crippen molar-refractivity contribution >= 4 is 16.1 Å². The van der Waals surface area contributed by atoms with Gasteiger partial charge in [0.1, 0.15) is 17.3 Å². The van der Waals surface area contributed by atoms with E-state index < -0.39 is 27.7 Å². The van der Waals surface area contributed by atoms with Gasteiger partial charge in [-0.1, -0.05) is 31.5 Å². The highest BCUT2D eigenvalue weighted by Gasteiger charge is 2.17. The molecular formula is C18H19FO5S.